The monoisotopic (exact) mass is 209 g/mol. The van der Waals surface area contributed by atoms with Crippen molar-refractivity contribution in [3.8, 4) is 5.88 Å². The topological polar surface area (TPSA) is 39.1 Å². The van der Waals surface area contributed by atoms with Crippen molar-refractivity contribution in [3.63, 3.8) is 0 Å². The molecule has 1 aliphatic heterocycles. The molecule has 84 valence electrons. The number of nitrogens with one attached hydrogen (secondary N) is 1. The maximum atomic E-state index is 5.39. The smallest absolute Gasteiger partial charge is 0.214 e. The average molecular weight is 209 g/mol. The third-order valence-electron chi connectivity index (χ3n) is 3.14. The van der Waals surface area contributed by atoms with E-state index in [1.165, 1.54) is 12.0 Å². The number of rotatable bonds is 3. The predicted molar refractivity (Wildman–Crippen MR) is 59.2 cm³/mol. The van der Waals surface area contributed by atoms with Crippen molar-refractivity contribution in [1.29, 1.82) is 0 Å². The minimum absolute atomic E-state index is 0.738. The Kier molecular flexibility index (Phi) is 2.95. The van der Waals surface area contributed by atoms with Gasteiger partial charge in [0.25, 0.3) is 0 Å². The molecular weight excluding hydrogens is 190 g/mol. The van der Waals surface area contributed by atoms with Gasteiger partial charge >= 0.3 is 0 Å². The molecule has 0 aliphatic carbocycles. The Labute approximate surface area is 90.6 Å². The predicted octanol–water partition coefficient (Wildman–Crippen LogP) is 0.889. The minimum Gasteiger partial charge on any atom is -0.481 e. The highest BCUT2D eigenvalue weighted by atomic mass is 16.5. The van der Waals surface area contributed by atoms with Crippen molar-refractivity contribution in [2.45, 2.75) is 19.8 Å². The van der Waals surface area contributed by atoms with E-state index in [1.54, 1.807) is 7.11 Å². The normalized spacial score (nSPS) is 20.9. The van der Waals surface area contributed by atoms with E-state index in [2.05, 4.69) is 17.3 Å². The molecule has 4 heteroatoms. The van der Waals surface area contributed by atoms with Crippen LogP contribution in [-0.4, -0.2) is 30.0 Å². The zero-order valence-electron chi connectivity index (χ0n) is 9.71. The summed E-state index contributed by atoms with van der Waals surface area (Å²) in [4.78, 5) is 0. The van der Waals surface area contributed by atoms with Gasteiger partial charge in [0.1, 0.15) is 0 Å². The van der Waals surface area contributed by atoms with Crippen LogP contribution in [-0.2, 0) is 13.5 Å². The van der Waals surface area contributed by atoms with E-state index in [9.17, 15) is 0 Å². The largest absolute Gasteiger partial charge is 0.481 e. The van der Waals surface area contributed by atoms with Gasteiger partial charge in [0.05, 0.1) is 12.8 Å². The molecule has 0 saturated carbocycles. The Morgan fingerprint density at radius 3 is 3.00 bits per heavy atom. The van der Waals surface area contributed by atoms with Crippen molar-refractivity contribution in [1.82, 2.24) is 15.1 Å². The van der Waals surface area contributed by atoms with Crippen molar-refractivity contribution < 1.29 is 4.74 Å². The van der Waals surface area contributed by atoms with Crippen LogP contribution in [0.1, 0.15) is 17.7 Å². The lowest BCUT2D eigenvalue weighted by Gasteiger charge is -2.09. The molecule has 0 radical (unpaired) electrons. The molecule has 0 amide bonds. The Balaban J connectivity index is 2.18. The van der Waals surface area contributed by atoms with E-state index in [0.717, 1.165) is 37.0 Å². The highest BCUT2D eigenvalue weighted by Crippen LogP contribution is 2.25. The van der Waals surface area contributed by atoms with Gasteiger partial charge in [-0.25, -0.2) is 4.68 Å². The molecule has 1 unspecified atom stereocenters. The third kappa shape index (κ3) is 2.00. The second-order valence-electron chi connectivity index (χ2n) is 4.26. The van der Waals surface area contributed by atoms with Crippen molar-refractivity contribution >= 4 is 0 Å². The number of hydrogen-bond acceptors (Lipinski definition) is 3. The van der Waals surface area contributed by atoms with E-state index in [4.69, 9.17) is 4.74 Å². The summed E-state index contributed by atoms with van der Waals surface area (Å²) < 4.78 is 7.21. The molecule has 0 aromatic carbocycles. The zero-order chi connectivity index (χ0) is 10.8. The first-order chi connectivity index (χ1) is 7.22. The molecule has 1 aliphatic rings. The van der Waals surface area contributed by atoms with Gasteiger partial charge in [-0.05, 0) is 38.8 Å². The van der Waals surface area contributed by atoms with Gasteiger partial charge in [-0.1, -0.05) is 0 Å². The van der Waals surface area contributed by atoms with Crippen molar-refractivity contribution in [3.05, 3.63) is 11.3 Å². The summed E-state index contributed by atoms with van der Waals surface area (Å²) in [6, 6.07) is 0. The molecule has 1 N–H and O–H groups in total. The molecule has 4 nitrogen and oxygen atoms in total. The van der Waals surface area contributed by atoms with Gasteiger partial charge in [0, 0.05) is 12.6 Å². The van der Waals surface area contributed by atoms with E-state index in [1.807, 2.05) is 11.7 Å². The molecule has 1 saturated heterocycles. The second-order valence-corrected chi connectivity index (χ2v) is 4.26. The van der Waals surface area contributed by atoms with Crippen LogP contribution < -0.4 is 10.1 Å². The molecule has 0 bridgehead atoms. The third-order valence-corrected chi connectivity index (χ3v) is 3.14. The second kappa shape index (κ2) is 4.23. The lowest BCUT2D eigenvalue weighted by Crippen LogP contribution is -2.11. The van der Waals surface area contributed by atoms with Crippen LogP contribution in [0.15, 0.2) is 0 Å². The summed E-state index contributed by atoms with van der Waals surface area (Å²) in [5, 5.41) is 7.78. The fraction of sp³-hybridized carbons (Fsp3) is 0.727. The van der Waals surface area contributed by atoms with Crippen molar-refractivity contribution in [2.75, 3.05) is 20.2 Å². The van der Waals surface area contributed by atoms with Crippen LogP contribution in [0.3, 0.4) is 0 Å². The fourth-order valence-corrected chi connectivity index (χ4v) is 2.35. The maximum absolute atomic E-state index is 5.39. The standard InChI is InChI=1S/C11H19N3O/c1-8-10(6-9-4-5-12-7-9)11(15-3)14(2)13-8/h9,12H,4-7H2,1-3H3. The van der Waals surface area contributed by atoms with E-state index >= 15 is 0 Å². The maximum Gasteiger partial charge on any atom is 0.214 e. The van der Waals surface area contributed by atoms with Crippen LogP contribution in [0.4, 0.5) is 0 Å². The Morgan fingerprint density at radius 2 is 2.40 bits per heavy atom. The van der Waals surface area contributed by atoms with Crippen LogP contribution in [0, 0.1) is 12.8 Å². The molecular formula is C11H19N3O. The number of hydrogen-bond donors (Lipinski definition) is 1. The number of aromatic nitrogens is 2. The van der Waals surface area contributed by atoms with E-state index < -0.39 is 0 Å². The van der Waals surface area contributed by atoms with Gasteiger partial charge in [0.15, 0.2) is 0 Å². The SMILES string of the molecule is COc1c(CC2CCNC2)c(C)nn1C. The molecule has 1 aromatic rings. The average Bonchev–Trinajstić information content (AvgIpc) is 2.77. The zero-order valence-corrected chi connectivity index (χ0v) is 9.71. The van der Waals surface area contributed by atoms with Gasteiger partial charge < -0.3 is 10.1 Å². The lowest BCUT2D eigenvalue weighted by molar-refractivity contribution is 0.366. The number of methoxy groups -OCH3 is 1. The van der Waals surface area contributed by atoms with Crippen LogP contribution in [0.25, 0.3) is 0 Å². The quantitative estimate of drug-likeness (QED) is 0.803. The van der Waals surface area contributed by atoms with Crippen LogP contribution >= 0.6 is 0 Å². The van der Waals surface area contributed by atoms with Crippen molar-refractivity contribution in [2.24, 2.45) is 13.0 Å². The highest BCUT2D eigenvalue weighted by Gasteiger charge is 2.21. The van der Waals surface area contributed by atoms with Gasteiger partial charge in [0.2, 0.25) is 5.88 Å². The molecule has 0 spiro atoms. The van der Waals surface area contributed by atoms with Gasteiger partial charge in [-0.15, -0.1) is 0 Å². The first kappa shape index (κ1) is 10.5. The number of ether oxygens (including phenoxy) is 1. The van der Waals surface area contributed by atoms with Crippen LogP contribution in [0.5, 0.6) is 5.88 Å². The van der Waals surface area contributed by atoms with Crippen LogP contribution in [0.2, 0.25) is 0 Å². The Morgan fingerprint density at radius 1 is 1.60 bits per heavy atom. The Bertz CT molecular complexity index is 340. The van der Waals surface area contributed by atoms with E-state index in [0.29, 0.717) is 0 Å². The Hall–Kier alpha value is -1.03. The lowest BCUT2D eigenvalue weighted by atomic mass is 9.99. The summed E-state index contributed by atoms with van der Waals surface area (Å²) in [7, 11) is 3.65. The summed E-state index contributed by atoms with van der Waals surface area (Å²) in [6.45, 7) is 4.32. The van der Waals surface area contributed by atoms with E-state index in [-0.39, 0.29) is 0 Å². The summed E-state index contributed by atoms with van der Waals surface area (Å²) >= 11 is 0. The minimum atomic E-state index is 0.738. The summed E-state index contributed by atoms with van der Waals surface area (Å²) in [6.07, 6.45) is 2.34. The molecule has 2 heterocycles. The van der Waals surface area contributed by atoms with Gasteiger partial charge in [-0.3, -0.25) is 0 Å². The number of aryl methyl sites for hydroxylation is 2. The first-order valence-corrected chi connectivity index (χ1v) is 5.49. The fourth-order valence-electron chi connectivity index (χ4n) is 2.35. The number of nitrogens with zero attached hydrogens (tertiary/aromatic N) is 2. The summed E-state index contributed by atoms with van der Waals surface area (Å²) in [5.74, 6) is 1.65. The highest BCUT2D eigenvalue weighted by molar-refractivity contribution is 5.31. The van der Waals surface area contributed by atoms with Gasteiger partial charge in [-0.2, -0.15) is 5.10 Å². The molecule has 1 aromatic heterocycles. The molecule has 1 fully saturated rings. The molecule has 2 rings (SSSR count). The first-order valence-electron chi connectivity index (χ1n) is 5.49. The molecule has 1 atom stereocenters. The summed E-state index contributed by atoms with van der Waals surface area (Å²) in [5.41, 5.74) is 2.37. The molecule has 15 heavy (non-hydrogen) atoms.